The number of hydrogen-bond donors (Lipinski definition) is 1. The number of aromatic nitrogens is 3. The molecule has 10 nitrogen and oxygen atoms in total. The molecule has 10 heteroatoms. The van der Waals surface area contributed by atoms with E-state index in [-0.39, 0.29) is 24.3 Å². The Balaban J connectivity index is 1.58. The molecule has 0 saturated heterocycles. The number of Topliss-reactive ketones (excluding diaryl/α,β-unsaturated/α-hetero) is 1. The van der Waals surface area contributed by atoms with Crippen molar-refractivity contribution in [3.63, 3.8) is 0 Å². The molecule has 2 amide bonds. The van der Waals surface area contributed by atoms with Gasteiger partial charge in [0.25, 0.3) is 0 Å². The first-order valence-electron chi connectivity index (χ1n) is 14.1. The molecule has 1 N–H and O–H groups in total. The van der Waals surface area contributed by atoms with Crippen LogP contribution in [0, 0.1) is 0 Å². The number of esters is 1. The molecule has 4 aromatic rings. The van der Waals surface area contributed by atoms with E-state index in [0.29, 0.717) is 33.4 Å². The molecule has 1 fully saturated rings. The van der Waals surface area contributed by atoms with Crippen LogP contribution < -0.4 is 10.2 Å². The van der Waals surface area contributed by atoms with Crippen molar-refractivity contribution >= 4 is 40.3 Å². The van der Waals surface area contributed by atoms with Gasteiger partial charge in [-0.05, 0) is 73.9 Å². The summed E-state index contributed by atoms with van der Waals surface area (Å²) < 4.78 is 6.34. The summed E-state index contributed by atoms with van der Waals surface area (Å²) in [7, 11) is 1.30. The summed E-state index contributed by atoms with van der Waals surface area (Å²) >= 11 is 0. The van der Waals surface area contributed by atoms with Gasteiger partial charge in [0.05, 0.1) is 18.2 Å². The maximum absolute atomic E-state index is 14.2. The second-order valence-electron chi connectivity index (χ2n) is 10.5. The van der Waals surface area contributed by atoms with Crippen LogP contribution in [0.15, 0.2) is 72.8 Å². The summed E-state index contributed by atoms with van der Waals surface area (Å²) in [6.07, 6.45) is 4.91. The van der Waals surface area contributed by atoms with Crippen LogP contribution in [0.4, 0.5) is 5.69 Å². The molecular formula is C32H33N5O5. The van der Waals surface area contributed by atoms with Gasteiger partial charge in [0.2, 0.25) is 11.8 Å². The van der Waals surface area contributed by atoms with E-state index in [1.54, 1.807) is 48.5 Å². The minimum atomic E-state index is -1.07. The number of hydrogen-bond acceptors (Lipinski definition) is 7. The number of nitrogens with one attached hydrogen (secondary N) is 1. The second kappa shape index (κ2) is 12.8. The lowest BCUT2D eigenvalue weighted by atomic mass is 9.94. The summed E-state index contributed by atoms with van der Waals surface area (Å²) in [5, 5.41) is 11.5. The Morgan fingerprint density at radius 1 is 0.929 bits per heavy atom. The summed E-state index contributed by atoms with van der Waals surface area (Å²) in [5.41, 5.74) is 3.10. The van der Waals surface area contributed by atoms with E-state index >= 15 is 0 Å². The average Bonchev–Trinajstić information content (AvgIpc) is 3.42. The van der Waals surface area contributed by atoms with E-state index in [1.807, 2.05) is 24.3 Å². The molecule has 0 spiro atoms. The van der Waals surface area contributed by atoms with Crippen LogP contribution in [0.1, 0.15) is 71.3 Å². The number of rotatable bonds is 9. The van der Waals surface area contributed by atoms with Gasteiger partial charge in [-0.15, -0.1) is 5.10 Å². The lowest BCUT2D eigenvalue weighted by molar-refractivity contribution is -0.127. The van der Waals surface area contributed by atoms with Crippen LogP contribution in [0.3, 0.4) is 0 Å². The number of benzene rings is 3. The minimum absolute atomic E-state index is 0.000563. The third-order valence-corrected chi connectivity index (χ3v) is 7.63. The van der Waals surface area contributed by atoms with Crippen molar-refractivity contribution in [1.82, 2.24) is 20.3 Å². The topological polar surface area (TPSA) is 123 Å². The van der Waals surface area contributed by atoms with E-state index < -0.39 is 17.9 Å². The Bertz CT molecular complexity index is 1590. The molecule has 1 saturated carbocycles. The molecule has 0 unspecified atom stereocenters. The maximum atomic E-state index is 14.2. The largest absolute Gasteiger partial charge is 0.465 e. The predicted octanol–water partition coefficient (Wildman–Crippen LogP) is 4.64. The van der Waals surface area contributed by atoms with Crippen LogP contribution in [0.5, 0.6) is 0 Å². The monoisotopic (exact) mass is 567 g/mol. The zero-order valence-electron chi connectivity index (χ0n) is 23.7. The van der Waals surface area contributed by atoms with Crippen molar-refractivity contribution in [1.29, 1.82) is 0 Å². The molecule has 42 heavy (non-hydrogen) atoms. The van der Waals surface area contributed by atoms with E-state index in [1.165, 1.54) is 23.6 Å². The lowest BCUT2D eigenvalue weighted by Gasteiger charge is -2.33. The highest BCUT2D eigenvalue weighted by Crippen LogP contribution is 2.30. The zero-order valence-corrected chi connectivity index (χ0v) is 23.7. The Morgan fingerprint density at radius 3 is 2.26 bits per heavy atom. The third kappa shape index (κ3) is 6.22. The van der Waals surface area contributed by atoms with Gasteiger partial charge < -0.3 is 10.1 Å². The van der Waals surface area contributed by atoms with Crippen molar-refractivity contribution in [2.45, 2.75) is 57.7 Å². The van der Waals surface area contributed by atoms with E-state index in [9.17, 15) is 19.2 Å². The second-order valence-corrected chi connectivity index (χ2v) is 10.5. The van der Waals surface area contributed by atoms with Crippen LogP contribution in [-0.2, 0) is 20.9 Å². The number of nitrogens with zero attached hydrogens (tertiary/aromatic N) is 4. The summed E-state index contributed by atoms with van der Waals surface area (Å²) in [4.78, 5) is 53.9. The Hall–Kier alpha value is -4.86. The maximum Gasteiger partial charge on any atom is 0.337 e. The van der Waals surface area contributed by atoms with Crippen LogP contribution in [0.2, 0.25) is 0 Å². The Kier molecular flexibility index (Phi) is 8.71. The molecule has 0 aliphatic heterocycles. The number of amides is 2. The number of para-hydroxylation sites is 1. The van der Waals surface area contributed by atoms with Gasteiger partial charge in [0.1, 0.15) is 18.1 Å². The first kappa shape index (κ1) is 28.7. The molecule has 3 aromatic carbocycles. The SMILES string of the molecule is COC(=O)c1ccc([C@H](C(=O)NC2CCCCC2)N(C(=O)Cn2nnc3ccccc32)c2ccc(C(C)=O)cc2)cc1. The molecule has 1 aliphatic carbocycles. The molecule has 0 radical (unpaired) electrons. The Morgan fingerprint density at radius 2 is 1.60 bits per heavy atom. The molecule has 1 heterocycles. The number of carbonyl (C=O) groups excluding carboxylic acids is 4. The number of fused-ring (bicyclic) bond motifs is 1. The molecule has 1 aromatic heterocycles. The standard InChI is InChI=1S/C32H33N5O5/c1-21(38)22-16-18-26(19-17-22)37(29(39)20-36-28-11-7-6-10-27(28)34-35-36)30(31(40)33-25-8-4-3-5-9-25)23-12-14-24(15-13-23)32(41)42-2/h6-7,10-19,25,30H,3-5,8-9,20H2,1-2H3,(H,33,40)/t30-/m1/s1. The van der Waals surface area contributed by atoms with Gasteiger partial charge in [-0.1, -0.05) is 48.7 Å². The van der Waals surface area contributed by atoms with Crippen LogP contribution in [-0.4, -0.2) is 51.7 Å². The summed E-state index contributed by atoms with van der Waals surface area (Å²) in [6.45, 7) is 1.29. The molecule has 216 valence electrons. The number of anilines is 1. The highest BCUT2D eigenvalue weighted by Gasteiger charge is 2.34. The average molecular weight is 568 g/mol. The van der Waals surface area contributed by atoms with Gasteiger partial charge in [0, 0.05) is 17.3 Å². The first-order chi connectivity index (χ1) is 20.4. The number of ether oxygens (including phenoxy) is 1. The fourth-order valence-corrected chi connectivity index (χ4v) is 5.40. The minimum Gasteiger partial charge on any atom is -0.465 e. The van der Waals surface area contributed by atoms with Crippen molar-refractivity contribution in [3.8, 4) is 0 Å². The van der Waals surface area contributed by atoms with Gasteiger partial charge in [-0.3, -0.25) is 19.3 Å². The van der Waals surface area contributed by atoms with E-state index in [2.05, 4.69) is 15.6 Å². The summed E-state index contributed by atoms with van der Waals surface area (Å²) in [5.74, 6) is -1.35. The van der Waals surface area contributed by atoms with Crippen molar-refractivity contribution in [2.75, 3.05) is 12.0 Å². The number of methoxy groups -OCH3 is 1. The van der Waals surface area contributed by atoms with Crippen molar-refractivity contribution < 1.29 is 23.9 Å². The lowest BCUT2D eigenvalue weighted by Crippen LogP contribution is -2.48. The molecule has 0 bridgehead atoms. The first-order valence-corrected chi connectivity index (χ1v) is 14.1. The molecule has 1 aliphatic rings. The van der Waals surface area contributed by atoms with Gasteiger partial charge in [0.15, 0.2) is 5.78 Å². The van der Waals surface area contributed by atoms with Gasteiger partial charge in [-0.25, -0.2) is 9.48 Å². The Labute approximate surface area is 243 Å². The highest BCUT2D eigenvalue weighted by molar-refractivity contribution is 6.02. The van der Waals surface area contributed by atoms with E-state index in [4.69, 9.17) is 4.74 Å². The predicted molar refractivity (Wildman–Crippen MR) is 157 cm³/mol. The molecule has 5 rings (SSSR count). The van der Waals surface area contributed by atoms with Crippen LogP contribution >= 0.6 is 0 Å². The zero-order chi connectivity index (χ0) is 29.6. The fourth-order valence-electron chi connectivity index (χ4n) is 5.40. The summed E-state index contributed by atoms with van der Waals surface area (Å²) in [6, 6.07) is 19.3. The normalized spacial score (nSPS) is 14.2. The van der Waals surface area contributed by atoms with Crippen molar-refractivity contribution in [2.24, 2.45) is 0 Å². The third-order valence-electron chi connectivity index (χ3n) is 7.63. The quantitative estimate of drug-likeness (QED) is 0.231. The number of ketones is 1. The van der Waals surface area contributed by atoms with Gasteiger partial charge in [-0.2, -0.15) is 0 Å². The highest BCUT2D eigenvalue weighted by atomic mass is 16.5. The molecular weight excluding hydrogens is 534 g/mol. The number of carbonyl (C=O) groups is 4. The van der Waals surface area contributed by atoms with Crippen molar-refractivity contribution in [3.05, 3.63) is 89.5 Å². The van der Waals surface area contributed by atoms with Gasteiger partial charge >= 0.3 is 5.97 Å². The van der Waals surface area contributed by atoms with Crippen LogP contribution in [0.25, 0.3) is 11.0 Å². The molecule has 1 atom stereocenters. The fraction of sp³-hybridized carbons (Fsp3) is 0.312. The smallest absolute Gasteiger partial charge is 0.337 e. The van der Waals surface area contributed by atoms with E-state index in [0.717, 1.165) is 32.1 Å².